The molecule has 5 heteroatoms. The molecular weight excluding hydrogens is 302 g/mol. The summed E-state index contributed by atoms with van der Waals surface area (Å²) >= 11 is 8.06. The molecule has 21 heavy (non-hydrogen) atoms. The third-order valence-electron chi connectivity index (χ3n) is 3.99. The lowest BCUT2D eigenvalue weighted by atomic mass is 10.0. The van der Waals surface area contributed by atoms with Crippen LogP contribution >= 0.6 is 22.9 Å². The smallest absolute Gasteiger partial charge is 0.145 e. The van der Waals surface area contributed by atoms with Crippen molar-refractivity contribution in [2.24, 2.45) is 5.92 Å². The highest BCUT2D eigenvalue weighted by Gasteiger charge is 2.16. The lowest BCUT2D eigenvalue weighted by molar-refractivity contribution is 0.216. The molecule has 0 spiro atoms. The van der Waals surface area contributed by atoms with E-state index in [1.165, 1.54) is 16.9 Å². The number of fused-ring (bicyclic) bond motifs is 1. The molecule has 2 aromatic rings. The summed E-state index contributed by atoms with van der Waals surface area (Å²) in [5, 5.41) is 1.60. The predicted octanol–water partition coefficient (Wildman–Crippen LogP) is 4.83. The highest BCUT2D eigenvalue weighted by atomic mass is 35.5. The fourth-order valence-electron chi connectivity index (χ4n) is 2.55. The zero-order chi connectivity index (χ0) is 15.7. The van der Waals surface area contributed by atoms with Crippen LogP contribution in [0.15, 0.2) is 0 Å². The van der Waals surface area contributed by atoms with E-state index in [-0.39, 0.29) is 0 Å². The molecule has 3 nitrogen and oxygen atoms in total. The Labute approximate surface area is 136 Å². The topological polar surface area (TPSA) is 29.0 Å². The van der Waals surface area contributed by atoms with Gasteiger partial charge in [0, 0.05) is 10.9 Å². The van der Waals surface area contributed by atoms with E-state index in [0.717, 1.165) is 22.6 Å². The monoisotopic (exact) mass is 325 g/mol. The number of hydrogen-bond acceptors (Lipinski definition) is 4. The molecule has 2 heterocycles. The SMILES string of the molecule is Cc1sc2nc(CN(C)C(C)CC(C)C)nc(Cl)c2c1C. The van der Waals surface area contributed by atoms with Crippen LogP contribution in [0, 0.1) is 19.8 Å². The second kappa shape index (κ2) is 6.59. The van der Waals surface area contributed by atoms with Crippen molar-refractivity contribution in [3.63, 3.8) is 0 Å². The van der Waals surface area contributed by atoms with Crippen LogP contribution in [0.2, 0.25) is 5.15 Å². The Morgan fingerprint density at radius 3 is 2.48 bits per heavy atom. The summed E-state index contributed by atoms with van der Waals surface area (Å²) in [4.78, 5) is 13.8. The fraction of sp³-hybridized carbons (Fsp3) is 0.625. The summed E-state index contributed by atoms with van der Waals surface area (Å²) in [7, 11) is 2.12. The van der Waals surface area contributed by atoms with Crippen LogP contribution in [0.5, 0.6) is 0 Å². The van der Waals surface area contributed by atoms with E-state index in [1.54, 1.807) is 11.3 Å². The van der Waals surface area contributed by atoms with Crippen LogP contribution in [-0.4, -0.2) is 28.0 Å². The second-order valence-electron chi connectivity index (χ2n) is 6.29. The van der Waals surface area contributed by atoms with E-state index in [0.29, 0.717) is 17.1 Å². The minimum Gasteiger partial charge on any atom is -0.296 e. The summed E-state index contributed by atoms with van der Waals surface area (Å²) in [5.41, 5.74) is 1.20. The maximum Gasteiger partial charge on any atom is 0.145 e. The highest BCUT2D eigenvalue weighted by molar-refractivity contribution is 7.18. The van der Waals surface area contributed by atoms with Crippen LogP contribution in [0.4, 0.5) is 0 Å². The third kappa shape index (κ3) is 3.74. The van der Waals surface area contributed by atoms with Gasteiger partial charge in [-0.05, 0) is 45.7 Å². The molecule has 1 atom stereocenters. The minimum absolute atomic E-state index is 0.509. The Balaban J connectivity index is 2.23. The first-order valence-electron chi connectivity index (χ1n) is 7.42. The molecule has 2 aromatic heterocycles. The van der Waals surface area contributed by atoms with Crippen molar-refractivity contribution in [2.75, 3.05) is 7.05 Å². The van der Waals surface area contributed by atoms with Gasteiger partial charge in [-0.2, -0.15) is 0 Å². The molecule has 2 rings (SSSR count). The normalized spacial score (nSPS) is 13.6. The van der Waals surface area contributed by atoms with Crippen molar-refractivity contribution >= 4 is 33.2 Å². The zero-order valence-electron chi connectivity index (χ0n) is 13.7. The van der Waals surface area contributed by atoms with Gasteiger partial charge in [0.15, 0.2) is 0 Å². The fourth-order valence-corrected chi connectivity index (χ4v) is 3.99. The maximum absolute atomic E-state index is 6.37. The van der Waals surface area contributed by atoms with Gasteiger partial charge in [-0.1, -0.05) is 25.4 Å². The van der Waals surface area contributed by atoms with Crippen LogP contribution in [0.1, 0.15) is 43.5 Å². The highest BCUT2D eigenvalue weighted by Crippen LogP contribution is 2.33. The summed E-state index contributed by atoms with van der Waals surface area (Å²) in [5.74, 6) is 1.50. The molecule has 0 saturated carbocycles. The molecule has 0 amide bonds. The van der Waals surface area contributed by atoms with E-state index in [2.05, 4.69) is 51.6 Å². The van der Waals surface area contributed by atoms with Gasteiger partial charge < -0.3 is 0 Å². The standard InChI is InChI=1S/C16H24ClN3S/c1-9(2)7-10(3)20(6)8-13-18-15(17)14-11(4)12(5)21-16(14)19-13/h9-10H,7-8H2,1-6H3. The molecule has 0 aliphatic heterocycles. The Bertz CT molecular complexity index is 636. The van der Waals surface area contributed by atoms with Crippen molar-refractivity contribution in [3.05, 3.63) is 21.4 Å². The first-order valence-corrected chi connectivity index (χ1v) is 8.61. The van der Waals surface area contributed by atoms with Crippen LogP contribution < -0.4 is 0 Å². The largest absolute Gasteiger partial charge is 0.296 e. The molecule has 1 unspecified atom stereocenters. The molecule has 0 bridgehead atoms. The van der Waals surface area contributed by atoms with E-state index in [4.69, 9.17) is 16.6 Å². The van der Waals surface area contributed by atoms with E-state index in [1.807, 2.05) is 0 Å². The van der Waals surface area contributed by atoms with E-state index >= 15 is 0 Å². The molecule has 0 aliphatic rings. The van der Waals surface area contributed by atoms with Crippen molar-refractivity contribution in [1.29, 1.82) is 0 Å². The molecule has 0 radical (unpaired) electrons. The van der Waals surface area contributed by atoms with Crippen LogP contribution in [0.3, 0.4) is 0 Å². The zero-order valence-corrected chi connectivity index (χ0v) is 15.3. The van der Waals surface area contributed by atoms with Gasteiger partial charge >= 0.3 is 0 Å². The van der Waals surface area contributed by atoms with Gasteiger partial charge in [0.25, 0.3) is 0 Å². The molecule has 0 aromatic carbocycles. The van der Waals surface area contributed by atoms with Crippen molar-refractivity contribution in [2.45, 2.75) is 53.6 Å². The summed E-state index contributed by atoms with van der Waals surface area (Å²) < 4.78 is 0. The van der Waals surface area contributed by atoms with Gasteiger partial charge in [0.05, 0.1) is 11.9 Å². The summed E-state index contributed by atoms with van der Waals surface area (Å²) in [6.45, 7) is 11.7. The van der Waals surface area contributed by atoms with E-state index in [9.17, 15) is 0 Å². The van der Waals surface area contributed by atoms with E-state index < -0.39 is 0 Å². The Morgan fingerprint density at radius 1 is 1.19 bits per heavy atom. The molecule has 0 aliphatic carbocycles. The minimum atomic E-state index is 0.509. The number of aryl methyl sites for hydroxylation is 2. The van der Waals surface area contributed by atoms with Crippen molar-refractivity contribution < 1.29 is 0 Å². The summed E-state index contributed by atoms with van der Waals surface area (Å²) in [6.07, 6.45) is 1.17. The number of hydrogen-bond donors (Lipinski definition) is 0. The number of aromatic nitrogens is 2. The molecule has 116 valence electrons. The lowest BCUT2D eigenvalue weighted by Crippen LogP contribution is -2.30. The van der Waals surface area contributed by atoms with Gasteiger partial charge in [0.1, 0.15) is 15.8 Å². The molecule has 0 saturated heterocycles. The van der Waals surface area contributed by atoms with Crippen LogP contribution in [0.25, 0.3) is 10.2 Å². The first kappa shape index (κ1) is 16.7. The number of nitrogens with zero attached hydrogens (tertiary/aromatic N) is 3. The Morgan fingerprint density at radius 2 is 1.86 bits per heavy atom. The Kier molecular flexibility index (Phi) is 5.23. The van der Waals surface area contributed by atoms with Gasteiger partial charge in [-0.15, -0.1) is 11.3 Å². The van der Waals surface area contributed by atoms with Gasteiger partial charge in [0.2, 0.25) is 0 Å². The lowest BCUT2D eigenvalue weighted by Gasteiger charge is -2.25. The number of halogens is 1. The molecular formula is C16H24ClN3S. The maximum atomic E-state index is 6.37. The average molecular weight is 326 g/mol. The van der Waals surface area contributed by atoms with Crippen molar-refractivity contribution in [3.8, 4) is 0 Å². The number of rotatable bonds is 5. The quantitative estimate of drug-likeness (QED) is 0.737. The summed E-state index contributed by atoms with van der Waals surface area (Å²) in [6, 6.07) is 0.509. The second-order valence-corrected chi connectivity index (χ2v) is 7.85. The van der Waals surface area contributed by atoms with Gasteiger partial charge in [-0.25, -0.2) is 9.97 Å². The van der Waals surface area contributed by atoms with Crippen LogP contribution in [-0.2, 0) is 6.54 Å². The van der Waals surface area contributed by atoms with Gasteiger partial charge in [-0.3, -0.25) is 4.90 Å². The third-order valence-corrected chi connectivity index (χ3v) is 5.36. The molecule has 0 fully saturated rings. The predicted molar refractivity (Wildman–Crippen MR) is 92.3 cm³/mol. The number of thiophene rings is 1. The first-order chi connectivity index (χ1) is 9.79. The van der Waals surface area contributed by atoms with Crippen molar-refractivity contribution in [1.82, 2.24) is 14.9 Å². The Hall–Kier alpha value is -0.710. The molecule has 0 N–H and O–H groups in total. The average Bonchev–Trinajstić information content (AvgIpc) is 2.64.